The van der Waals surface area contributed by atoms with Gasteiger partial charge in [0.25, 0.3) is 0 Å². The monoisotopic (exact) mass is 342 g/mol. The van der Waals surface area contributed by atoms with E-state index in [1.165, 1.54) is 10.6 Å². The first-order chi connectivity index (χ1) is 11.4. The van der Waals surface area contributed by atoms with Crippen LogP contribution in [-0.2, 0) is 15.4 Å². The minimum absolute atomic E-state index is 0.427. The minimum Gasteiger partial charge on any atom is -0.459 e. The fourth-order valence-electron chi connectivity index (χ4n) is 3.45. The van der Waals surface area contributed by atoms with E-state index in [1.807, 2.05) is 61.5 Å². The van der Waals surface area contributed by atoms with Crippen LogP contribution in [0.5, 0.6) is 5.75 Å². The summed E-state index contributed by atoms with van der Waals surface area (Å²) < 4.78 is 31.9. The number of ether oxygens (including phenoxy) is 1. The van der Waals surface area contributed by atoms with Crippen molar-refractivity contribution < 1.29 is 13.2 Å². The molecule has 0 saturated heterocycles. The molecule has 0 spiro atoms. The molecule has 2 aliphatic heterocycles. The number of nitrogens with one attached hydrogen (secondary N) is 1. The van der Waals surface area contributed by atoms with Crippen molar-refractivity contribution in [2.45, 2.75) is 18.5 Å². The molecule has 0 amide bonds. The van der Waals surface area contributed by atoms with Crippen molar-refractivity contribution in [2.24, 2.45) is 0 Å². The summed E-state index contributed by atoms with van der Waals surface area (Å²) in [5, 5.41) is 3.32. The number of fused-ring (bicyclic) bond motifs is 3. The summed E-state index contributed by atoms with van der Waals surface area (Å²) in [6, 6.07) is 17.3. The van der Waals surface area contributed by atoms with E-state index < -0.39 is 21.6 Å². The largest absolute Gasteiger partial charge is 0.459 e. The van der Waals surface area contributed by atoms with Crippen molar-refractivity contribution in [3.8, 4) is 5.75 Å². The molecule has 0 aromatic heterocycles. The summed E-state index contributed by atoms with van der Waals surface area (Å²) >= 11 is 0. The lowest BCUT2D eigenvalue weighted by Crippen LogP contribution is -2.45. The maximum absolute atomic E-state index is 12.3. The van der Waals surface area contributed by atoms with Gasteiger partial charge in [-0.3, -0.25) is 4.31 Å². The van der Waals surface area contributed by atoms with Crippen LogP contribution in [0.4, 0.5) is 5.69 Å². The molecule has 2 heterocycles. The van der Waals surface area contributed by atoms with Gasteiger partial charge in [0.05, 0.1) is 17.9 Å². The van der Waals surface area contributed by atoms with E-state index in [2.05, 4.69) is 5.32 Å². The lowest BCUT2D eigenvalue weighted by Gasteiger charge is -2.30. The van der Waals surface area contributed by atoms with Gasteiger partial charge in [-0.2, -0.15) is 0 Å². The molecule has 0 radical (unpaired) electrons. The summed E-state index contributed by atoms with van der Waals surface area (Å²) in [6.07, 6.45) is 2.37. The highest BCUT2D eigenvalue weighted by atomic mass is 32.2. The molecule has 5 nitrogen and oxygen atoms in total. The Hall–Kier alpha value is -2.47. The molecule has 6 heteroatoms. The van der Waals surface area contributed by atoms with Gasteiger partial charge < -0.3 is 10.1 Å². The summed E-state index contributed by atoms with van der Waals surface area (Å²) in [4.78, 5) is 0. The highest BCUT2D eigenvalue weighted by Crippen LogP contribution is 2.51. The van der Waals surface area contributed by atoms with Gasteiger partial charge in [-0.15, -0.1) is 0 Å². The zero-order valence-corrected chi connectivity index (χ0v) is 14.2. The van der Waals surface area contributed by atoms with Gasteiger partial charge in [-0.25, -0.2) is 8.42 Å². The molecule has 1 N–H and O–H groups in total. The lowest BCUT2D eigenvalue weighted by molar-refractivity contribution is 0.303. The number of hydrogen-bond donors (Lipinski definition) is 1. The smallest absolute Gasteiger partial charge is 0.233 e. The third-order valence-corrected chi connectivity index (χ3v) is 5.77. The Kier molecular flexibility index (Phi) is 3.15. The summed E-state index contributed by atoms with van der Waals surface area (Å²) in [5.74, 6) is 1.30. The number of hydrogen-bond acceptors (Lipinski definition) is 4. The molecule has 0 saturated carbocycles. The minimum atomic E-state index is -3.42. The van der Waals surface area contributed by atoms with Crippen LogP contribution in [0.3, 0.4) is 0 Å². The van der Waals surface area contributed by atoms with E-state index in [9.17, 15) is 8.42 Å². The van der Waals surface area contributed by atoms with Gasteiger partial charge in [0, 0.05) is 5.69 Å². The predicted octanol–water partition coefficient (Wildman–Crippen LogP) is 2.89. The summed E-state index contributed by atoms with van der Waals surface area (Å²) in [7, 11) is -3.42. The average molecular weight is 342 g/mol. The molecule has 0 bridgehead atoms. The Balaban J connectivity index is 1.84. The van der Waals surface area contributed by atoms with Crippen molar-refractivity contribution in [3.05, 3.63) is 72.1 Å². The molecule has 124 valence electrons. The summed E-state index contributed by atoms with van der Waals surface area (Å²) in [5.41, 5.74) is 1.37. The van der Waals surface area contributed by atoms with E-state index in [4.69, 9.17) is 4.74 Å². The maximum Gasteiger partial charge on any atom is 0.233 e. The van der Waals surface area contributed by atoms with Crippen molar-refractivity contribution in [1.29, 1.82) is 0 Å². The molecule has 2 atom stereocenters. The molecular weight excluding hydrogens is 324 g/mol. The fraction of sp³-hybridized carbons (Fsp3) is 0.222. The Bertz CT molecular complexity index is 924. The van der Waals surface area contributed by atoms with Crippen molar-refractivity contribution in [2.75, 3.05) is 11.6 Å². The molecule has 2 aliphatic rings. The number of nitrogens with zero attached hydrogens (tertiary/aromatic N) is 1. The van der Waals surface area contributed by atoms with Gasteiger partial charge >= 0.3 is 0 Å². The van der Waals surface area contributed by atoms with Crippen molar-refractivity contribution in [1.82, 2.24) is 4.31 Å². The maximum atomic E-state index is 12.3. The van der Waals surface area contributed by atoms with Crippen LogP contribution in [0.1, 0.15) is 12.5 Å². The molecule has 2 aromatic rings. The van der Waals surface area contributed by atoms with Crippen LogP contribution < -0.4 is 10.1 Å². The van der Waals surface area contributed by atoms with Crippen LogP contribution in [0.15, 0.2) is 66.6 Å². The number of anilines is 1. The normalized spacial score (nSPS) is 24.8. The molecule has 24 heavy (non-hydrogen) atoms. The third kappa shape index (κ3) is 2.10. The zero-order chi connectivity index (χ0) is 16.9. The second kappa shape index (κ2) is 5.01. The Labute approximate surface area is 141 Å². The number of sulfonamides is 1. The van der Waals surface area contributed by atoms with Crippen LogP contribution in [-0.4, -0.2) is 25.1 Å². The average Bonchev–Trinajstić information content (AvgIpc) is 2.99. The van der Waals surface area contributed by atoms with Crippen LogP contribution in [0.25, 0.3) is 0 Å². The highest BCUT2D eigenvalue weighted by Gasteiger charge is 2.56. The number of para-hydroxylation sites is 2. The summed E-state index contributed by atoms with van der Waals surface area (Å²) in [6.45, 7) is 2.01. The SMILES string of the molecule is C[C@@]12C(Oc3ccccc3)=CN(S(C)(=O)=O)[C@@H]1Nc1ccccc12. The number of rotatable bonds is 3. The third-order valence-electron chi connectivity index (χ3n) is 4.69. The Morgan fingerprint density at radius 3 is 2.46 bits per heavy atom. The van der Waals surface area contributed by atoms with Gasteiger partial charge in [-0.05, 0) is 30.7 Å². The standard InChI is InChI=1S/C18H18N2O3S/c1-18-14-10-6-7-11-15(14)19-17(18)20(24(2,21)22)12-16(18)23-13-8-4-3-5-9-13/h3-12,17,19H,1-2H3/t17-,18+/m0/s1. The molecule has 0 unspecified atom stereocenters. The second-order valence-electron chi connectivity index (χ2n) is 6.30. The van der Waals surface area contributed by atoms with E-state index in [0.29, 0.717) is 11.5 Å². The van der Waals surface area contributed by atoms with E-state index in [-0.39, 0.29) is 0 Å². The van der Waals surface area contributed by atoms with Gasteiger partial charge in [0.2, 0.25) is 10.0 Å². The Morgan fingerprint density at radius 1 is 1.08 bits per heavy atom. The molecule has 4 rings (SSSR count). The molecule has 0 fully saturated rings. The first-order valence-electron chi connectivity index (χ1n) is 7.70. The van der Waals surface area contributed by atoms with Crippen LogP contribution in [0.2, 0.25) is 0 Å². The van der Waals surface area contributed by atoms with Crippen molar-refractivity contribution >= 4 is 15.7 Å². The van der Waals surface area contributed by atoms with Gasteiger partial charge in [0.15, 0.2) is 0 Å². The molecule has 2 aromatic carbocycles. The molecular formula is C18H18N2O3S. The zero-order valence-electron chi connectivity index (χ0n) is 13.4. The Morgan fingerprint density at radius 2 is 1.75 bits per heavy atom. The highest BCUT2D eigenvalue weighted by molar-refractivity contribution is 7.88. The quantitative estimate of drug-likeness (QED) is 0.932. The lowest BCUT2D eigenvalue weighted by atomic mass is 9.82. The molecule has 0 aliphatic carbocycles. The van der Waals surface area contributed by atoms with Crippen molar-refractivity contribution in [3.63, 3.8) is 0 Å². The second-order valence-corrected chi connectivity index (χ2v) is 8.18. The van der Waals surface area contributed by atoms with Crippen LogP contribution >= 0.6 is 0 Å². The predicted molar refractivity (Wildman–Crippen MR) is 93.0 cm³/mol. The van der Waals surface area contributed by atoms with Gasteiger partial charge in [-0.1, -0.05) is 36.4 Å². The number of benzene rings is 2. The first-order valence-corrected chi connectivity index (χ1v) is 9.55. The topological polar surface area (TPSA) is 58.6 Å². The fourth-order valence-corrected chi connectivity index (χ4v) is 4.38. The van der Waals surface area contributed by atoms with E-state index in [0.717, 1.165) is 11.3 Å². The van der Waals surface area contributed by atoms with E-state index >= 15 is 0 Å². The van der Waals surface area contributed by atoms with E-state index in [1.54, 1.807) is 6.20 Å². The van der Waals surface area contributed by atoms with Crippen LogP contribution in [0, 0.1) is 0 Å². The van der Waals surface area contributed by atoms with Gasteiger partial charge in [0.1, 0.15) is 17.7 Å². The first kappa shape index (κ1) is 15.1.